The van der Waals surface area contributed by atoms with Crippen LogP contribution in [0.1, 0.15) is 10.5 Å². The van der Waals surface area contributed by atoms with Gasteiger partial charge in [-0.25, -0.2) is 0 Å². The van der Waals surface area contributed by atoms with Crippen molar-refractivity contribution in [2.24, 2.45) is 0 Å². The second-order valence-electron chi connectivity index (χ2n) is 7.06. The quantitative estimate of drug-likeness (QED) is 0.588. The van der Waals surface area contributed by atoms with Gasteiger partial charge in [0.05, 0.1) is 5.69 Å². The Labute approximate surface area is 168 Å². The molecule has 1 aliphatic heterocycles. The Kier molecular flexibility index (Phi) is 4.40. The number of aromatic amines is 1. The maximum absolute atomic E-state index is 12.9. The predicted octanol–water partition coefficient (Wildman–Crippen LogP) is 2.98. The van der Waals surface area contributed by atoms with Crippen LogP contribution in [0.3, 0.4) is 0 Å². The molecular formula is C22H20N6O. The van der Waals surface area contributed by atoms with Gasteiger partial charge in [-0.1, -0.05) is 18.2 Å². The highest BCUT2D eigenvalue weighted by Gasteiger charge is 2.24. The monoisotopic (exact) mass is 384 g/mol. The minimum Gasteiger partial charge on any atom is -0.352 e. The van der Waals surface area contributed by atoms with Crippen molar-refractivity contribution in [2.45, 2.75) is 0 Å². The molecule has 5 rings (SSSR count). The van der Waals surface area contributed by atoms with Gasteiger partial charge in [-0.3, -0.25) is 9.78 Å². The van der Waals surface area contributed by atoms with Crippen molar-refractivity contribution in [3.05, 3.63) is 72.7 Å². The molecule has 0 saturated carbocycles. The third kappa shape index (κ3) is 3.42. The third-order valence-corrected chi connectivity index (χ3v) is 5.28. The van der Waals surface area contributed by atoms with Crippen molar-refractivity contribution in [1.82, 2.24) is 25.1 Å². The van der Waals surface area contributed by atoms with E-state index in [1.54, 1.807) is 12.4 Å². The maximum atomic E-state index is 12.9. The van der Waals surface area contributed by atoms with Crippen LogP contribution in [0.2, 0.25) is 0 Å². The number of carbonyl (C=O) groups is 1. The first-order chi connectivity index (χ1) is 14.3. The molecule has 1 fully saturated rings. The molecule has 1 aliphatic rings. The van der Waals surface area contributed by atoms with E-state index in [2.05, 4.69) is 25.1 Å². The zero-order valence-corrected chi connectivity index (χ0v) is 15.8. The van der Waals surface area contributed by atoms with Gasteiger partial charge in [0.1, 0.15) is 5.69 Å². The largest absolute Gasteiger partial charge is 0.352 e. The number of pyridine rings is 1. The smallest absolute Gasteiger partial charge is 0.270 e. The van der Waals surface area contributed by atoms with E-state index in [1.807, 2.05) is 59.5 Å². The summed E-state index contributed by atoms with van der Waals surface area (Å²) in [6.07, 6.45) is 3.49. The van der Waals surface area contributed by atoms with Crippen LogP contribution < -0.4 is 4.90 Å². The van der Waals surface area contributed by atoms with Crippen LogP contribution in [0.4, 0.5) is 5.82 Å². The standard InChI is InChI=1S/C22H20N6O/c29-22(20-15-17-3-1-2-4-18(17)24-20)28-13-11-27(12-14-28)21-6-5-19(25-26-21)16-7-9-23-10-8-16/h1-10,15,24H,11-14H2. The van der Waals surface area contributed by atoms with E-state index < -0.39 is 0 Å². The fourth-order valence-corrected chi connectivity index (χ4v) is 3.67. The SMILES string of the molecule is O=C(c1cc2ccccc2[nH]1)N1CCN(c2ccc(-c3ccncc3)nn2)CC1. The van der Waals surface area contributed by atoms with Crippen LogP contribution in [0.15, 0.2) is 67.0 Å². The lowest BCUT2D eigenvalue weighted by atomic mass is 10.2. The lowest BCUT2D eigenvalue weighted by Crippen LogP contribution is -2.49. The summed E-state index contributed by atoms with van der Waals surface area (Å²) in [5.74, 6) is 0.875. The Balaban J connectivity index is 1.25. The number of carbonyl (C=O) groups excluding carboxylic acids is 1. The van der Waals surface area contributed by atoms with Crippen molar-refractivity contribution in [3.8, 4) is 11.3 Å². The third-order valence-electron chi connectivity index (χ3n) is 5.28. The number of benzene rings is 1. The van der Waals surface area contributed by atoms with Crippen LogP contribution in [0.5, 0.6) is 0 Å². The second kappa shape index (κ2) is 7.35. The molecule has 4 aromatic rings. The lowest BCUT2D eigenvalue weighted by Gasteiger charge is -2.35. The molecule has 0 spiro atoms. The fourth-order valence-electron chi connectivity index (χ4n) is 3.67. The number of hydrogen-bond donors (Lipinski definition) is 1. The molecule has 0 unspecified atom stereocenters. The number of aromatic nitrogens is 4. The summed E-state index contributed by atoms with van der Waals surface area (Å²) in [7, 11) is 0. The maximum Gasteiger partial charge on any atom is 0.270 e. The summed E-state index contributed by atoms with van der Waals surface area (Å²) in [5, 5.41) is 9.78. The number of anilines is 1. The number of nitrogens with zero attached hydrogens (tertiary/aromatic N) is 5. The van der Waals surface area contributed by atoms with Crippen molar-refractivity contribution in [3.63, 3.8) is 0 Å². The molecule has 144 valence electrons. The number of amides is 1. The number of rotatable bonds is 3. The Morgan fingerprint density at radius 1 is 0.897 bits per heavy atom. The molecule has 1 amide bonds. The molecule has 29 heavy (non-hydrogen) atoms. The van der Waals surface area contributed by atoms with Gasteiger partial charge in [-0.2, -0.15) is 0 Å². The van der Waals surface area contributed by atoms with Gasteiger partial charge in [-0.05, 0) is 36.4 Å². The van der Waals surface area contributed by atoms with Crippen LogP contribution >= 0.6 is 0 Å². The molecule has 7 nitrogen and oxygen atoms in total. The minimum atomic E-state index is 0.0416. The number of H-pyrrole nitrogens is 1. The van der Waals surface area contributed by atoms with Gasteiger partial charge in [0, 0.05) is 55.0 Å². The van der Waals surface area contributed by atoms with Crippen molar-refractivity contribution >= 4 is 22.6 Å². The van der Waals surface area contributed by atoms with Gasteiger partial charge in [-0.15, -0.1) is 10.2 Å². The van der Waals surface area contributed by atoms with E-state index in [4.69, 9.17) is 0 Å². The van der Waals surface area contributed by atoms with E-state index in [0.29, 0.717) is 18.8 Å². The molecule has 7 heteroatoms. The summed E-state index contributed by atoms with van der Waals surface area (Å²) in [5.41, 5.74) is 3.44. The number of nitrogens with one attached hydrogen (secondary N) is 1. The molecule has 1 aromatic carbocycles. The molecule has 3 aromatic heterocycles. The predicted molar refractivity (Wildman–Crippen MR) is 112 cm³/mol. The average Bonchev–Trinajstić information content (AvgIpc) is 3.24. The zero-order chi connectivity index (χ0) is 19.6. The molecule has 0 radical (unpaired) electrons. The summed E-state index contributed by atoms with van der Waals surface area (Å²) in [6, 6.07) is 17.6. The van der Waals surface area contributed by atoms with E-state index in [9.17, 15) is 4.79 Å². The van der Waals surface area contributed by atoms with Gasteiger partial charge in [0.25, 0.3) is 5.91 Å². The average molecular weight is 384 g/mol. The van der Waals surface area contributed by atoms with E-state index in [0.717, 1.165) is 41.1 Å². The Hall–Kier alpha value is -3.74. The molecule has 0 atom stereocenters. The number of hydrogen-bond acceptors (Lipinski definition) is 5. The highest BCUT2D eigenvalue weighted by molar-refractivity contribution is 5.98. The summed E-state index contributed by atoms with van der Waals surface area (Å²) < 4.78 is 0. The number of fused-ring (bicyclic) bond motifs is 1. The van der Waals surface area contributed by atoms with Crippen LogP contribution in [0.25, 0.3) is 22.2 Å². The molecular weight excluding hydrogens is 364 g/mol. The zero-order valence-electron chi connectivity index (χ0n) is 15.8. The van der Waals surface area contributed by atoms with Crippen molar-refractivity contribution < 1.29 is 4.79 Å². The summed E-state index contributed by atoms with van der Waals surface area (Å²) in [6.45, 7) is 2.77. The van der Waals surface area contributed by atoms with E-state index >= 15 is 0 Å². The minimum absolute atomic E-state index is 0.0416. The van der Waals surface area contributed by atoms with E-state index in [-0.39, 0.29) is 5.91 Å². The Morgan fingerprint density at radius 2 is 1.69 bits per heavy atom. The van der Waals surface area contributed by atoms with Crippen molar-refractivity contribution in [1.29, 1.82) is 0 Å². The van der Waals surface area contributed by atoms with Gasteiger partial charge in [0.2, 0.25) is 0 Å². The Bertz CT molecular complexity index is 1100. The highest BCUT2D eigenvalue weighted by atomic mass is 16.2. The molecule has 4 heterocycles. The van der Waals surface area contributed by atoms with Gasteiger partial charge in [0.15, 0.2) is 5.82 Å². The Morgan fingerprint density at radius 3 is 2.41 bits per heavy atom. The van der Waals surface area contributed by atoms with Gasteiger partial charge < -0.3 is 14.8 Å². The highest BCUT2D eigenvalue weighted by Crippen LogP contribution is 2.20. The molecule has 1 N–H and O–H groups in total. The lowest BCUT2D eigenvalue weighted by molar-refractivity contribution is 0.0741. The number of para-hydroxylation sites is 1. The normalized spacial score (nSPS) is 14.3. The van der Waals surface area contributed by atoms with Crippen LogP contribution in [-0.4, -0.2) is 57.2 Å². The molecule has 1 saturated heterocycles. The second-order valence-corrected chi connectivity index (χ2v) is 7.06. The van der Waals surface area contributed by atoms with Crippen LogP contribution in [0, 0.1) is 0 Å². The molecule has 0 aliphatic carbocycles. The van der Waals surface area contributed by atoms with Gasteiger partial charge >= 0.3 is 0 Å². The first-order valence-corrected chi connectivity index (χ1v) is 9.64. The first kappa shape index (κ1) is 17.4. The number of piperazine rings is 1. The first-order valence-electron chi connectivity index (χ1n) is 9.64. The molecule has 0 bridgehead atoms. The summed E-state index contributed by atoms with van der Waals surface area (Å²) >= 11 is 0. The summed E-state index contributed by atoms with van der Waals surface area (Å²) in [4.78, 5) is 24.2. The van der Waals surface area contributed by atoms with Crippen LogP contribution in [-0.2, 0) is 0 Å². The topological polar surface area (TPSA) is 78.0 Å². The fraction of sp³-hybridized carbons (Fsp3) is 0.182. The van der Waals surface area contributed by atoms with Crippen molar-refractivity contribution in [2.75, 3.05) is 31.1 Å². The van der Waals surface area contributed by atoms with E-state index in [1.165, 1.54) is 0 Å².